The molecule has 1 N–H and O–H groups in total. The van der Waals surface area contributed by atoms with E-state index < -0.39 is 0 Å². The van der Waals surface area contributed by atoms with Crippen molar-refractivity contribution in [1.29, 1.82) is 0 Å². The van der Waals surface area contributed by atoms with Gasteiger partial charge in [-0.15, -0.1) is 0 Å². The minimum atomic E-state index is 0.666. The summed E-state index contributed by atoms with van der Waals surface area (Å²) in [7, 11) is 2.30. The molecule has 2 bridgehead atoms. The van der Waals surface area contributed by atoms with E-state index in [0.29, 0.717) is 6.04 Å². The van der Waals surface area contributed by atoms with Crippen molar-refractivity contribution < 1.29 is 4.52 Å². The number of hydrogen-bond acceptors (Lipinski definition) is 4. The summed E-state index contributed by atoms with van der Waals surface area (Å²) in [5.41, 5.74) is 2.57. The van der Waals surface area contributed by atoms with Crippen LogP contribution in [0.3, 0.4) is 0 Å². The van der Waals surface area contributed by atoms with Crippen LogP contribution in [0, 0.1) is 0 Å². The second-order valence-electron chi connectivity index (χ2n) is 6.84. The number of fused-ring (bicyclic) bond motifs is 3. The van der Waals surface area contributed by atoms with Crippen LogP contribution >= 0.6 is 0 Å². The number of hydrogen-bond donors (Lipinski definition) is 1. The van der Waals surface area contributed by atoms with Crippen LogP contribution in [0.5, 0.6) is 0 Å². The van der Waals surface area contributed by atoms with Crippen LogP contribution in [0.25, 0.3) is 0 Å². The lowest BCUT2D eigenvalue weighted by Gasteiger charge is -2.36. The maximum absolute atomic E-state index is 5.50. The molecule has 0 saturated carbocycles. The molecule has 2 unspecified atom stereocenters. The molecule has 4 heteroatoms. The van der Waals surface area contributed by atoms with Crippen molar-refractivity contribution in [1.82, 2.24) is 15.4 Å². The van der Waals surface area contributed by atoms with Crippen LogP contribution in [0.15, 0.2) is 4.52 Å². The predicted molar refractivity (Wildman–Crippen MR) is 77.6 cm³/mol. The molecule has 1 aliphatic carbocycles. The van der Waals surface area contributed by atoms with Gasteiger partial charge in [-0.05, 0) is 52.0 Å². The topological polar surface area (TPSA) is 41.3 Å². The van der Waals surface area contributed by atoms with Crippen LogP contribution in [0.4, 0.5) is 0 Å². The van der Waals surface area contributed by atoms with Gasteiger partial charge >= 0.3 is 0 Å². The van der Waals surface area contributed by atoms with Crippen molar-refractivity contribution in [2.75, 3.05) is 7.05 Å². The van der Waals surface area contributed by atoms with Gasteiger partial charge in [0.1, 0.15) is 11.5 Å². The van der Waals surface area contributed by atoms with E-state index in [1.54, 1.807) is 0 Å². The third kappa shape index (κ3) is 2.19. The van der Waals surface area contributed by atoms with Gasteiger partial charge in [-0.2, -0.15) is 0 Å². The molecule has 3 heterocycles. The highest BCUT2D eigenvalue weighted by atomic mass is 16.5. The Balaban J connectivity index is 1.38. The molecule has 0 spiro atoms. The van der Waals surface area contributed by atoms with Gasteiger partial charge in [-0.1, -0.05) is 5.16 Å². The van der Waals surface area contributed by atoms with Gasteiger partial charge in [0.15, 0.2) is 0 Å². The number of aryl methyl sites for hydroxylation is 1. The lowest BCUT2D eigenvalue weighted by molar-refractivity contribution is 0.148. The van der Waals surface area contributed by atoms with Crippen molar-refractivity contribution in [2.45, 2.75) is 76.0 Å². The average molecular weight is 275 g/mol. The van der Waals surface area contributed by atoms with Crippen LogP contribution in [0.2, 0.25) is 0 Å². The SMILES string of the molecule is CN1C2CCC1CC(NCc1noc3c1CCCC3)C2. The number of piperidine rings is 1. The van der Waals surface area contributed by atoms with Gasteiger partial charge in [0, 0.05) is 36.7 Å². The summed E-state index contributed by atoms with van der Waals surface area (Å²) in [6.45, 7) is 0.895. The van der Waals surface area contributed by atoms with E-state index in [-0.39, 0.29) is 0 Å². The van der Waals surface area contributed by atoms with E-state index in [1.807, 2.05) is 0 Å². The molecule has 1 aromatic rings. The maximum atomic E-state index is 5.50. The van der Waals surface area contributed by atoms with E-state index in [9.17, 15) is 0 Å². The Kier molecular flexibility index (Phi) is 3.31. The monoisotopic (exact) mass is 275 g/mol. The quantitative estimate of drug-likeness (QED) is 0.919. The summed E-state index contributed by atoms with van der Waals surface area (Å²) in [6, 6.07) is 2.27. The van der Waals surface area contributed by atoms with Gasteiger partial charge in [0.25, 0.3) is 0 Å². The minimum absolute atomic E-state index is 0.666. The van der Waals surface area contributed by atoms with Gasteiger partial charge in [0.2, 0.25) is 0 Å². The first kappa shape index (κ1) is 12.8. The van der Waals surface area contributed by atoms with E-state index in [4.69, 9.17) is 4.52 Å². The zero-order chi connectivity index (χ0) is 13.5. The molecule has 4 rings (SSSR count). The molecular formula is C16H25N3O. The van der Waals surface area contributed by atoms with Crippen LogP contribution in [0.1, 0.15) is 55.5 Å². The van der Waals surface area contributed by atoms with E-state index in [1.165, 1.54) is 49.8 Å². The molecule has 3 aliphatic rings. The third-order valence-corrected chi connectivity index (χ3v) is 5.69. The molecule has 1 aromatic heterocycles. The summed E-state index contributed by atoms with van der Waals surface area (Å²) >= 11 is 0. The molecule has 0 radical (unpaired) electrons. The first-order chi connectivity index (χ1) is 9.81. The Morgan fingerprint density at radius 2 is 1.95 bits per heavy atom. The largest absolute Gasteiger partial charge is 0.361 e. The normalized spacial score (nSPS) is 33.4. The zero-order valence-corrected chi connectivity index (χ0v) is 12.4. The molecule has 2 saturated heterocycles. The Morgan fingerprint density at radius 1 is 1.20 bits per heavy atom. The molecule has 4 nitrogen and oxygen atoms in total. The van der Waals surface area contributed by atoms with Gasteiger partial charge in [-0.25, -0.2) is 0 Å². The minimum Gasteiger partial charge on any atom is -0.361 e. The molecule has 0 amide bonds. The molecule has 2 atom stereocenters. The van der Waals surface area contributed by atoms with Gasteiger partial charge in [0.05, 0.1) is 0 Å². The maximum Gasteiger partial charge on any atom is 0.140 e. The van der Waals surface area contributed by atoms with Crippen molar-refractivity contribution in [2.24, 2.45) is 0 Å². The Labute approximate surface area is 120 Å². The molecule has 110 valence electrons. The van der Waals surface area contributed by atoms with E-state index in [0.717, 1.165) is 37.2 Å². The number of nitrogens with one attached hydrogen (secondary N) is 1. The summed E-state index contributed by atoms with van der Waals surface area (Å²) < 4.78 is 5.50. The van der Waals surface area contributed by atoms with E-state index in [2.05, 4.69) is 22.4 Å². The first-order valence-corrected chi connectivity index (χ1v) is 8.23. The number of nitrogens with zero attached hydrogens (tertiary/aromatic N) is 2. The third-order valence-electron chi connectivity index (χ3n) is 5.69. The fraction of sp³-hybridized carbons (Fsp3) is 0.812. The Bertz CT molecular complexity index is 470. The predicted octanol–water partition coefficient (Wildman–Crippen LogP) is 2.27. The molecule has 2 aliphatic heterocycles. The molecule has 0 aromatic carbocycles. The Morgan fingerprint density at radius 3 is 2.75 bits per heavy atom. The summed E-state index contributed by atoms with van der Waals surface area (Å²) in [4.78, 5) is 2.59. The van der Waals surface area contributed by atoms with Crippen LogP contribution in [-0.2, 0) is 19.4 Å². The van der Waals surface area contributed by atoms with Gasteiger partial charge < -0.3 is 14.7 Å². The van der Waals surface area contributed by atoms with E-state index >= 15 is 0 Å². The number of aromatic nitrogens is 1. The summed E-state index contributed by atoms with van der Waals surface area (Å²) in [5.74, 6) is 1.15. The van der Waals surface area contributed by atoms with Crippen LogP contribution in [-0.4, -0.2) is 35.2 Å². The first-order valence-electron chi connectivity index (χ1n) is 8.23. The second-order valence-corrected chi connectivity index (χ2v) is 6.84. The molecular weight excluding hydrogens is 250 g/mol. The lowest BCUT2D eigenvalue weighted by Crippen LogP contribution is -2.47. The second kappa shape index (κ2) is 5.15. The number of rotatable bonds is 3. The average Bonchev–Trinajstić information content (AvgIpc) is 2.95. The smallest absolute Gasteiger partial charge is 0.140 e. The fourth-order valence-electron chi connectivity index (χ4n) is 4.41. The standard InChI is InChI=1S/C16H25N3O/c1-19-12-6-7-13(19)9-11(8-12)17-10-15-14-4-2-3-5-16(14)20-18-15/h11-13,17H,2-10H2,1H3. The van der Waals surface area contributed by atoms with Crippen molar-refractivity contribution in [3.05, 3.63) is 17.0 Å². The highest BCUT2D eigenvalue weighted by Crippen LogP contribution is 2.34. The van der Waals surface area contributed by atoms with Crippen molar-refractivity contribution in [3.8, 4) is 0 Å². The van der Waals surface area contributed by atoms with Crippen LogP contribution < -0.4 is 5.32 Å². The highest BCUT2D eigenvalue weighted by Gasteiger charge is 2.38. The lowest BCUT2D eigenvalue weighted by atomic mass is 9.95. The Hall–Kier alpha value is -0.870. The van der Waals surface area contributed by atoms with Crippen molar-refractivity contribution in [3.63, 3.8) is 0 Å². The zero-order valence-electron chi connectivity index (χ0n) is 12.4. The highest BCUT2D eigenvalue weighted by molar-refractivity contribution is 5.25. The fourth-order valence-corrected chi connectivity index (χ4v) is 4.41. The van der Waals surface area contributed by atoms with Gasteiger partial charge in [-0.3, -0.25) is 0 Å². The molecule has 2 fully saturated rings. The molecule has 20 heavy (non-hydrogen) atoms. The van der Waals surface area contributed by atoms with Crippen molar-refractivity contribution >= 4 is 0 Å². The summed E-state index contributed by atoms with van der Waals surface area (Å²) in [6.07, 6.45) is 10.2. The summed E-state index contributed by atoms with van der Waals surface area (Å²) in [5, 5.41) is 8.05.